The van der Waals surface area contributed by atoms with Gasteiger partial charge in [-0.25, -0.2) is 4.79 Å². The van der Waals surface area contributed by atoms with Gasteiger partial charge < -0.3 is 20.5 Å². The van der Waals surface area contributed by atoms with Crippen LogP contribution in [0.15, 0.2) is 41.3 Å². The minimum absolute atomic E-state index is 0.113. The first kappa shape index (κ1) is 23.1. The first-order valence-electron chi connectivity index (χ1n) is 10.1. The topological polar surface area (TPSA) is 134 Å². The summed E-state index contributed by atoms with van der Waals surface area (Å²) in [5, 5.41) is 17.1. The second-order valence-corrected chi connectivity index (χ2v) is 7.95. The van der Waals surface area contributed by atoms with Crippen LogP contribution in [0.5, 0.6) is 5.75 Å². The van der Waals surface area contributed by atoms with Crippen LogP contribution in [0.25, 0.3) is 16.8 Å². The molecular formula is C22H23N3O6S. The number of benzene rings is 2. The molecule has 0 unspecified atom stereocenters. The van der Waals surface area contributed by atoms with Crippen LogP contribution < -0.4 is 20.7 Å². The molecule has 2 aromatic carbocycles. The van der Waals surface area contributed by atoms with Gasteiger partial charge in [0, 0.05) is 24.9 Å². The summed E-state index contributed by atoms with van der Waals surface area (Å²) in [5.74, 6) is 0.154. The maximum Gasteiger partial charge on any atom is 0.404 e. The molecule has 1 aliphatic heterocycles. The van der Waals surface area contributed by atoms with E-state index in [4.69, 9.17) is 9.84 Å². The highest BCUT2D eigenvalue weighted by atomic mass is 32.2. The molecule has 0 bridgehead atoms. The standard InChI is InChI=1S/C22H23N3O6S/c26-19(23-10-4-11-24-21(28)29)7-3-12-31-17-9-8-14(15-5-1-2-6-16(15)17)13-18-20(27)25-22(30)32-18/h1-2,5-6,8-9,13,24H,3-4,7,10-12H2,(H,23,26)(H,28,29)(H,25,27,30). The Hall–Kier alpha value is -3.53. The van der Waals surface area contributed by atoms with E-state index in [1.165, 1.54) is 0 Å². The Morgan fingerprint density at radius 1 is 1.03 bits per heavy atom. The second kappa shape index (κ2) is 11.2. The van der Waals surface area contributed by atoms with Crippen molar-refractivity contribution < 1.29 is 29.0 Å². The van der Waals surface area contributed by atoms with Gasteiger partial charge in [-0.2, -0.15) is 0 Å². The molecular weight excluding hydrogens is 434 g/mol. The molecule has 10 heteroatoms. The molecule has 0 radical (unpaired) electrons. The van der Waals surface area contributed by atoms with Crippen molar-refractivity contribution in [2.24, 2.45) is 0 Å². The molecule has 4 N–H and O–H groups in total. The lowest BCUT2D eigenvalue weighted by Crippen LogP contribution is -2.29. The molecule has 1 heterocycles. The number of ether oxygens (including phenoxy) is 1. The van der Waals surface area contributed by atoms with Crippen LogP contribution in [-0.2, 0) is 9.59 Å². The number of hydrogen-bond acceptors (Lipinski definition) is 6. The Morgan fingerprint density at radius 3 is 2.50 bits per heavy atom. The lowest BCUT2D eigenvalue weighted by Gasteiger charge is -2.11. The van der Waals surface area contributed by atoms with Gasteiger partial charge in [0.05, 0.1) is 11.5 Å². The highest BCUT2D eigenvalue weighted by molar-refractivity contribution is 8.18. The number of carbonyl (C=O) groups excluding carboxylic acids is 3. The molecule has 0 aromatic heterocycles. The SMILES string of the molecule is O=C(O)NCCCNC(=O)CCCOc1ccc(C=C2SC(=O)NC2=O)c2ccccc12. The monoisotopic (exact) mass is 457 g/mol. The van der Waals surface area contributed by atoms with Crippen molar-refractivity contribution in [1.29, 1.82) is 0 Å². The van der Waals surface area contributed by atoms with Crippen molar-refractivity contribution >= 4 is 51.8 Å². The molecule has 2 aromatic rings. The first-order valence-corrected chi connectivity index (χ1v) is 10.9. The maximum atomic E-state index is 11.9. The fraction of sp³-hybridized carbons (Fsp3) is 0.273. The number of carbonyl (C=O) groups is 4. The quantitative estimate of drug-likeness (QED) is 0.318. The summed E-state index contributed by atoms with van der Waals surface area (Å²) in [7, 11) is 0. The fourth-order valence-electron chi connectivity index (χ4n) is 3.12. The number of rotatable bonds is 10. The van der Waals surface area contributed by atoms with Gasteiger partial charge in [0.2, 0.25) is 5.91 Å². The predicted molar refractivity (Wildman–Crippen MR) is 121 cm³/mol. The number of carboxylic acid groups (broad SMARTS) is 1. The van der Waals surface area contributed by atoms with E-state index in [1.807, 2.05) is 36.4 Å². The smallest absolute Gasteiger partial charge is 0.404 e. The number of fused-ring (bicyclic) bond motifs is 1. The molecule has 1 aliphatic rings. The van der Waals surface area contributed by atoms with E-state index in [9.17, 15) is 19.2 Å². The average Bonchev–Trinajstić information content (AvgIpc) is 3.08. The lowest BCUT2D eigenvalue weighted by atomic mass is 10.0. The molecule has 0 atom stereocenters. The van der Waals surface area contributed by atoms with Gasteiger partial charge >= 0.3 is 6.09 Å². The van der Waals surface area contributed by atoms with Crippen LogP contribution in [0.4, 0.5) is 9.59 Å². The summed E-state index contributed by atoms with van der Waals surface area (Å²) in [6.07, 6.45) is 1.96. The summed E-state index contributed by atoms with van der Waals surface area (Å²) in [6, 6.07) is 11.2. The van der Waals surface area contributed by atoms with Crippen LogP contribution in [0.2, 0.25) is 0 Å². The minimum Gasteiger partial charge on any atom is -0.493 e. The number of nitrogens with one attached hydrogen (secondary N) is 3. The molecule has 0 saturated carbocycles. The van der Waals surface area contributed by atoms with E-state index in [1.54, 1.807) is 6.08 Å². The van der Waals surface area contributed by atoms with Crippen molar-refractivity contribution in [1.82, 2.24) is 16.0 Å². The minimum atomic E-state index is -1.08. The van der Waals surface area contributed by atoms with E-state index in [-0.39, 0.29) is 17.7 Å². The van der Waals surface area contributed by atoms with Gasteiger partial charge in [-0.3, -0.25) is 19.7 Å². The molecule has 1 fully saturated rings. The predicted octanol–water partition coefficient (Wildman–Crippen LogP) is 3.10. The van der Waals surface area contributed by atoms with Gasteiger partial charge in [0.1, 0.15) is 5.75 Å². The van der Waals surface area contributed by atoms with E-state index in [0.29, 0.717) is 43.1 Å². The summed E-state index contributed by atoms with van der Waals surface area (Å²) in [6.45, 7) is 1.05. The number of amides is 4. The van der Waals surface area contributed by atoms with Crippen LogP contribution in [-0.4, -0.2) is 47.9 Å². The largest absolute Gasteiger partial charge is 0.493 e. The van der Waals surface area contributed by atoms with Gasteiger partial charge in [0.15, 0.2) is 0 Å². The Kier molecular flexibility index (Phi) is 8.09. The van der Waals surface area contributed by atoms with Gasteiger partial charge in [0.25, 0.3) is 11.1 Å². The third-order valence-corrected chi connectivity index (χ3v) is 5.41. The van der Waals surface area contributed by atoms with E-state index in [2.05, 4.69) is 16.0 Å². The normalized spacial score (nSPS) is 14.4. The maximum absolute atomic E-state index is 11.9. The summed E-state index contributed by atoms with van der Waals surface area (Å²) < 4.78 is 5.89. The highest BCUT2D eigenvalue weighted by Gasteiger charge is 2.25. The summed E-state index contributed by atoms with van der Waals surface area (Å²) >= 11 is 0.873. The van der Waals surface area contributed by atoms with Crippen LogP contribution >= 0.6 is 11.8 Å². The van der Waals surface area contributed by atoms with Crippen molar-refractivity contribution in [3.05, 3.63) is 46.9 Å². The fourth-order valence-corrected chi connectivity index (χ4v) is 3.80. The molecule has 0 aliphatic carbocycles. The van der Waals surface area contributed by atoms with Crippen LogP contribution in [0, 0.1) is 0 Å². The number of hydrogen-bond donors (Lipinski definition) is 4. The van der Waals surface area contributed by atoms with Gasteiger partial charge in [-0.1, -0.05) is 30.3 Å². The van der Waals surface area contributed by atoms with Crippen molar-refractivity contribution in [2.45, 2.75) is 19.3 Å². The lowest BCUT2D eigenvalue weighted by molar-refractivity contribution is -0.121. The van der Waals surface area contributed by atoms with Crippen molar-refractivity contribution in [3.8, 4) is 5.75 Å². The molecule has 168 valence electrons. The Morgan fingerprint density at radius 2 is 1.78 bits per heavy atom. The Labute approximate surface area is 188 Å². The van der Waals surface area contributed by atoms with Gasteiger partial charge in [-0.05, 0) is 47.7 Å². The van der Waals surface area contributed by atoms with E-state index in [0.717, 1.165) is 28.1 Å². The first-order chi connectivity index (χ1) is 15.4. The van der Waals surface area contributed by atoms with E-state index < -0.39 is 12.0 Å². The number of imide groups is 1. The third kappa shape index (κ3) is 6.48. The summed E-state index contributed by atoms with van der Waals surface area (Å²) in [4.78, 5) is 45.8. The third-order valence-electron chi connectivity index (χ3n) is 4.60. The molecule has 0 spiro atoms. The van der Waals surface area contributed by atoms with Crippen LogP contribution in [0.3, 0.4) is 0 Å². The second-order valence-electron chi connectivity index (χ2n) is 6.94. The zero-order valence-corrected chi connectivity index (χ0v) is 18.0. The Balaban J connectivity index is 1.53. The molecule has 4 amide bonds. The molecule has 9 nitrogen and oxygen atoms in total. The summed E-state index contributed by atoms with van der Waals surface area (Å²) in [5.41, 5.74) is 0.803. The van der Waals surface area contributed by atoms with Crippen molar-refractivity contribution in [3.63, 3.8) is 0 Å². The van der Waals surface area contributed by atoms with Crippen molar-refractivity contribution in [2.75, 3.05) is 19.7 Å². The van der Waals surface area contributed by atoms with E-state index >= 15 is 0 Å². The molecule has 3 rings (SSSR count). The molecule has 1 saturated heterocycles. The zero-order chi connectivity index (χ0) is 22.9. The molecule has 32 heavy (non-hydrogen) atoms. The number of thioether (sulfide) groups is 1. The average molecular weight is 458 g/mol. The van der Waals surface area contributed by atoms with Crippen LogP contribution in [0.1, 0.15) is 24.8 Å². The zero-order valence-electron chi connectivity index (χ0n) is 17.2. The van der Waals surface area contributed by atoms with Gasteiger partial charge in [-0.15, -0.1) is 0 Å². The highest BCUT2D eigenvalue weighted by Crippen LogP contribution is 2.32. The Bertz CT molecular complexity index is 1070.